The fourth-order valence-corrected chi connectivity index (χ4v) is 2.72. The lowest BCUT2D eigenvalue weighted by Gasteiger charge is -2.12. The van der Waals surface area contributed by atoms with Gasteiger partial charge in [0, 0.05) is 11.6 Å². The molecule has 0 saturated carbocycles. The quantitative estimate of drug-likeness (QED) is 0.405. The van der Waals surface area contributed by atoms with Gasteiger partial charge in [-0.3, -0.25) is 0 Å². The van der Waals surface area contributed by atoms with Gasteiger partial charge < -0.3 is 23.4 Å². The van der Waals surface area contributed by atoms with Crippen molar-refractivity contribution in [3.05, 3.63) is 60.0 Å². The fourth-order valence-electron chi connectivity index (χ4n) is 2.72. The molecular weight excluding hydrogens is 388 g/mol. The number of carbonyl (C=O) groups is 1. The van der Waals surface area contributed by atoms with Crippen LogP contribution in [0.3, 0.4) is 0 Å². The van der Waals surface area contributed by atoms with Crippen LogP contribution >= 0.6 is 0 Å². The summed E-state index contributed by atoms with van der Waals surface area (Å²) >= 11 is 0. The number of carbonyl (C=O) groups excluding carboxylic acids is 1. The fraction of sp³-hybridized carbons (Fsp3) is 0.227. The number of benzene rings is 2. The molecule has 0 bridgehead atoms. The van der Waals surface area contributed by atoms with Gasteiger partial charge in [-0.05, 0) is 42.8 Å². The Labute approximate surface area is 174 Å². The van der Waals surface area contributed by atoms with E-state index in [1.165, 1.54) is 27.4 Å². The molecule has 156 valence electrons. The highest BCUT2D eigenvalue weighted by Crippen LogP contribution is 2.38. The second-order valence-corrected chi connectivity index (χ2v) is 6.18. The lowest BCUT2D eigenvalue weighted by atomic mass is 10.1. The Hall–Kier alpha value is -3.81. The van der Waals surface area contributed by atoms with Crippen molar-refractivity contribution in [2.24, 2.45) is 0 Å². The summed E-state index contributed by atoms with van der Waals surface area (Å²) in [6.45, 7) is 1.66. The van der Waals surface area contributed by atoms with Gasteiger partial charge in [0.2, 0.25) is 11.6 Å². The largest absolute Gasteiger partial charge is 0.493 e. The van der Waals surface area contributed by atoms with E-state index in [1.54, 1.807) is 25.1 Å². The maximum absolute atomic E-state index is 12.2. The van der Waals surface area contributed by atoms with Crippen LogP contribution in [0.2, 0.25) is 0 Å². The first kappa shape index (κ1) is 20.9. The van der Waals surface area contributed by atoms with Crippen LogP contribution in [-0.4, -0.2) is 37.5 Å². The standard InChI is InChI=1S/C22H22N2O6/c1-14(21-23-24-22(30-21)16-8-6-5-7-9-16)29-19(25)11-10-15-12-17(26-2)20(28-4)18(13-15)27-3/h5-14H,1-4H3/b11-10+. The lowest BCUT2D eigenvalue weighted by Crippen LogP contribution is -2.06. The summed E-state index contributed by atoms with van der Waals surface area (Å²) in [7, 11) is 4.57. The van der Waals surface area contributed by atoms with Crippen molar-refractivity contribution in [1.29, 1.82) is 0 Å². The second kappa shape index (κ2) is 9.60. The van der Waals surface area contributed by atoms with Gasteiger partial charge in [0.05, 0.1) is 21.3 Å². The molecule has 0 aliphatic rings. The molecule has 0 radical (unpaired) electrons. The van der Waals surface area contributed by atoms with Gasteiger partial charge in [-0.15, -0.1) is 10.2 Å². The molecule has 30 heavy (non-hydrogen) atoms. The van der Waals surface area contributed by atoms with E-state index in [9.17, 15) is 4.79 Å². The molecule has 8 heteroatoms. The van der Waals surface area contributed by atoms with E-state index in [2.05, 4.69) is 10.2 Å². The minimum absolute atomic E-state index is 0.211. The molecule has 2 aromatic carbocycles. The topological polar surface area (TPSA) is 92.9 Å². The summed E-state index contributed by atoms with van der Waals surface area (Å²) in [6.07, 6.45) is 2.18. The van der Waals surface area contributed by atoms with Crippen LogP contribution in [0.25, 0.3) is 17.5 Å². The lowest BCUT2D eigenvalue weighted by molar-refractivity contribution is -0.143. The third-order valence-electron chi connectivity index (χ3n) is 4.20. The second-order valence-electron chi connectivity index (χ2n) is 6.18. The van der Waals surface area contributed by atoms with Gasteiger partial charge in [-0.1, -0.05) is 18.2 Å². The van der Waals surface area contributed by atoms with Gasteiger partial charge in [-0.2, -0.15) is 0 Å². The molecule has 8 nitrogen and oxygen atoms in total. The van der Waals surface area contributed by atoms with Gasteiger partial charge in [-0.25, -0.2) is 4.79 Å². The highest BCUT2D eigenvalue weighted by atomic mass is 16.6. The number of aromatic nitrogens is 2. The molecule has 0 aliphatic heterocycles. The van der Waals surface area contributed by atoms with Crippen LogP contribution < -0.4 is 14.2 Å². The molecule has 0 aliphatic carbocycles. The number of esters is 1. The molecule has 0 amide bonds. The molecule has 0 fully saturated rings. The van der Waals surface area contributed by atoms with Crippen molar-refractivity contribution >= 4 is 12.0 Å². The minimum Gasteiger partial charge on any atom is -0.493 e. The Balaban J connectivity index is 1.68. The number of methoxy groups -OCH3 is 3. The summed E-state index contributed by atoms with van der Waals surface area (Å²) in [6, 6.07) is 12.8. The predicted octanol–water partition coefficient (Wildman–Crippen LogP) is 4.08. The van der Waals surface area contributed by atoms with E-state index in [-0.39, 0.29) is 5.89 Å². The first-order valence-corrected chi connectivity index (χ1v) is 9.13. The average molecular weight is 410 g/mol. The van der Waals surface area contributed by atoms with E-state index < -0.39 is 12.1 Å². The molecule has 3 aromatic rings. The molecule has 3 rings (SSSR count). The van der Waals surface area contributed by atoms with Crippen LogP contribution in [0.5, 0.6) is 17.2 Å². The number of nitrogens with zero attached hydrogens (tertiary/aromatic N) is 2. The highest BCUT2D eigenvalue weighted by molar-refractivity contribution is 5.87. The third-order valence-corrected chi connectivity index (χ3v) is 4.20. The first-order chi connectivity index (χ1) is 14.5. The number of hydrogen-bond acceptors (Lipinski definition) is 8. The first-order valence-electron chi connectivity index (χ1n) is 9.13. The Morgan fingerprint density at radius 2 is 1.67 bits per heavy atom. The Kier molecular flexibility index (Phi) is 6.69. The van der Waals surface area contributed by atoms with E-state index >= 15 is 0 Å². The number of ether oxygens (including phenoxy) is 4. The van der Waals surface area contributed by atoms with E-state index in [4.69, 9.17) is 23.4 Å². The number of hydrogen-bond donors (Lipinski definition) is 0. The Morgan fingerprint density at radius 3 is 2.27 bits per heavy atom. The summed E-state index contributed by atoms with van der Waals surface area (Å²) in [5, 5.41) is 7.96. The SMILES string of the molecule is COc1cc(/C=C/C(=O)OC(C)c2nnc(-c3ccccc3)o2)cc(OC)c1OC. The minimum atomic E-state index is -0.702. The van der Waals surface area contributed by atoms with E-state index in [0.717, 1.165) is 5.56 Å². The van der Waals surface area contributed by atoms with Crippen molar-refractivity contribution < 1.29 is 28.2 Å². The average Bonchev–Trinajstić information content (AvgIpc) is 3.28. The summed E-state index contributed by atoms with van der Waals surface area (Å²) in [5.74, 6) is 1.45. The summed E-state index contributed by atoms with van der Waals surface area (Å²) < 4.78 is 26.9. The van der Waals surface area contributed by atoms with Crippen molar-refractivity contribution in [3.63, 3.8) is 0 Å². The molecule has 1 atom stereocenters. The van der Waals surface area contributed by atoms with Crippen LogP contribution in [-0.2, 0) is 9.53 Å². The van der Waals surface area contributed by atoms with E-state index in [1.807, 2.05) is 30.3 Å². The molecule has 1 heterocycles. The monoisotopic (exact) mass is 410 g/mol. The van der Waals surface area contributed by atoms with Crippen LogP contribution in [0.4, 0.5) is 0 Å². The van der Waals surface area contributed by atoms with Gasteiger partial charge in [0.15, 0.2) is 17.6 Å². The Bertz CT molecular complexity index is 1000. The highest BCUT2D eigenvalue weighted by Gasteiger charge is 2.18. The van der Waals surface area contributed by atoms with Crippen LogP contribution in [0.15, 0.2) is 53.0 Å². The third kappa shape index (κ3) is 4.78. The molecular formula is C22H22N2O6. The summed E-state index contributed by atoms with van der Waals surface area (Å²) in [5.41, 5.74) is 1.47. The number of rotatable bonds is 8. The maximum atomic E-state index is 12.2. The zero-order valence-electron chi connectivity index (χ0n) is 17.1. The zero-order valence-corrected chi connectivity index (χ0v) is 17.1. The van der Waals surface area contributed by atoms with Gasteiger partial charge in [0.25, 0.3) is 5.89 Å². The van der Waals surface area contributed by atoms with Gasteiger partial charge in [0.1, 0.15) is 0 Å². The predicted molar refractivity (Wildman–Crippen MR) is 109 cm³/mol. The maximum Gasteiger partial charge on any atom is 0.331 e. The van der Waals surface area contributed by atoms with E-state index in [0.29, 0.717) is 28.7 Å². The normalized spacial score (nSPS) is 11.9. The van der Waals surface area contributed by atoms with Gasteiger partial charge >= 0.3 is 5.97 Å². The zero-order chi connectivity index (χ0) is 21.5. The molecule has 1 unspecified atom stereocenters. The molecule has 0 spiro atoms. The van der Waals surface area contributed by atoms with Crippen LogP contribution in [0, 0.1) is 0 Å². The Morgan fingerprint density at radius 1 is 1.00 bits per heavy atom. The molecule has 0 saturated heterocycles. The van der Waals surface area contributed by atoms with Crippen LogP contribution in [0.1, 0.15) is 24.5 Å². The van der Waals surface area contributed by atoms with Crippen molar-refractivity contribution in [3.8, 4) is 28.7 Å². The molecule has 0 N–H and O–H groups in total. The smallest absolute Gasteiger partial charge is 0.331 e. The van der Waals surface area contributed by atoms with Crippen molar-refractivity contribution in [2.45, 2.75) is 13.0 Å². The van der Waals surface area contributed by atoms with Crippen molar-refractivity contribution in [2.75, 3.05) is 21.3 Å². The van der Waals surface area contributed by atoms with Crippen molar-refractivity contribution in [1.82, 2.24) is 10.2 Å². The molecule has 1 aromatic heterocycles. The summed E-state index contributed by atoms with van der Waals surface area (Å²) in [4.78, 5) is 12.2.